The Morgan fingerprint density at radius 1 is 0.600 bits per heavy atom. The third kappa shape index (κ3) is 597. The van der Waals surface area contributed by atoms with Crippen LogP contribution in [0.15, 0.2) is 0 Å². The van der Waals surface area contributed by atoms with E-state index >= 15 is 0 Å². The van der Waals surface area contributed by atoms with Crippen LogP contribution in [-0.4, -0.2) is 0 Å². The molecule has 0 bridgehead atoms. The van der Waals surface area contributed by atoms with Crippen molar-refractivity contribution in [1.29, 1.82) is 0 Å². The Bertz CT molecular complexity index is 147. The summed E-state index contributed by atoms with van der Waals surface area (Å²) >= 11 is 2.62. The predicted molar refractivity (Wildman–Crippen MR) is 15.9 cm³/mol. The van der Waals surface area contributed by atoms with Crippen molar-refractivity contribution in [3.05, 3.63) is 0 Å². The number of phosphoric acid groups is 2. The summed E-state index contributed by atoms with van der Waals surface area (Å²) in [5, 5.41) is 0. The van der Waals surface area contributed by atoms with Crippen molar-refractivity contribution in [3.63, 3.8) is 0 Å². The Hall–Kier alpha value is 2.38. The Labute approximate surface area is 131 Å². The molecule has 15 heteroatoms. The summed E-state index contributed by atoms with van der Waals surface area (Å²) in [6.07, 6.45) is 0. The molecule has 0 spiro atoms. The Balaban J connectivity index is -0.0000000197. The van der Waals surface area contributed by atoms with E-state index in [-0.39, 0.29) is 58.4 Å². The van der Waals surface area contributed by atoms with Crippen LogP contribution in [0.2, 0.25) is 0 Å². The summed E-state index contributed by atoms with van der Waals surface area (Å²) in [6, 6.07) is 0. The van der Waals surface area contributed by atoms with Gasteiger partial charge in [-0.15, -0.1) is 0 Å². The van der Waals surface area contributed by atoms with Gasteiger partial charge in [-0.05, 0) is 0 Å². The van der Waals surface area contributed by atoms with Gasteiger partial charge in [-0.1, -0.05) is 0 Å². The molecular weight excluding hydrogens is 461 g/mol. The molecule has 80 valence electrons. The average Bonchev–Trinajstić information content (AvgIpc) is 1.59. The quantitative estimate of drug-likeness (QED) is 0.250. The molecule has 0 aliphatic carbocycles. The third-order valence-corrected chi connectivity index (χ3v) is 0. The standard InChI is InChI=1S/Ni.2H3O4P.O.3Zn/c;2*1-5(2,3)4;;;;/h;2*(H3,1,2,3,4);;;;/q;;;;3*+2/p-6. The second kappa shape index (κ2) is 18.7. The van der Waals surface area contributed by atoms with Crippen molar-refractivity contribution >= 4 is 15.6 Å². The van der Waals surface area contributed by atoms with Crippen LogP contribution in [0.4, 0.5) is 0 Å². The Morgan fingerprint density at radius 2 is 0.600 bits per heavy atom. The summed E-state index contributed by atoms with van der Waals surface area (Å²) in [5.74, 6) is 0. The van der Waals surface area contributed by atoms with E-state index in [4.69, 9.17) is 42.4 Å². The molecule has 0 aromatic carbocycles. The molecule has 0 aliphatic rings. The second-order valence-corrected chi connectivity index (χ2v) is 2.68. The first-order chi connectivity index (χ1) is 5.00. The van der Waals surface area contributed by atoms with Gasteiger partial charge in [0, 0.05) is 0 Å². The molecule has 0 aliphatic heterocycles. The largest absolute Gasteiger partial charge is 2.00 e. The van der Waals surface area contributed by atoms with E-state index in [1.165, 1.54) is 0 Å². The van der Waals surface area contributed by atoms with Crippen LogP contribution in [0.25, 0.3) is 0 Å². The molecule has 15 heavy (non-hydrogen) atoms. The Morgan fingerprint density at radius 3 is 0.600 bits per heavy atom. The van der Waals surface area contributed by atoms with E-state index in [9.17, 15) is 0 Å². The van der Waals surface area contributed by atoms with Crippen LogP contribution in [0.3, 0.4) is 0 Å². The smallest absolute Gasteiger partial charge is 2.00 e. The van der Waals surface area contributed by atoms with Crippen molar-refractivity contribution in [2.75, 3.05) is 0 Å². The van der Waals surface area contributed by atoms with E-state index in [0.717, 1.165) is 0 Å². The molecule has 0 N–H and O–H groups in total. The van der Waals surface area contributed by atoms with E-state index in [0.29, 0.717) is 0 Å². The SMILES string of the molecule is O=P([O-])([O-])[O-].O=P([O-])([O-])[O-].[O]=[Ni].[Zn+2].[Zn+2].[Zn+2]. The molecule has 0 saturated carbocycles. The minimum Gasteiger partial charge on any atom is 2.00 e. The van der Waals surface area contributed by atoms with E-state index in [2.05, 4.69) is 15.4 Å². The molecule has 0 saturated heterocycles. The molecule has 0 aromatic heterocycles. The van der Waals surface area contributed by atoms with Crippen molar-refractivity contribution in [2.24, 2.45) is 0 Å². The molecule has 0 amide bonds. The molecular formula is NiO9P2Zn3. The fraction of sp³-hybridized carbons (Fsp3) is 0. The molecule has 0 heterocycles. The topological polar surface area (TPSA) is 190 Å². The second-order valence-electron chi connectivity index (χ2n) is 0.894. The van der Waals surface area contributed by atoms with Gasteiger partial charge in [0.1, 0.15) is 0 Å². The summed E-state index contributed by atoms with van der Waals surface area (Å²) in [4.78, 5) is 51.3. The van der Waals surface area contributed by atoms with Gasteiger partial charge in [-0.25, -0.2) is 0 Å². The van der Waals surface area contributed by atoms with E-state index in [1.807, 2.05) is 0 Å². The van der Waals surface area contributed by atoms with Gasteiger partial charge in [0.15, 0.2) is 0 Å². The fourth-order valence-electron chi connectivity index (χ4n) is 0. The molecule has 0 aromatic rings. The zero-order chi connectivity index (χ0) is 11.0. The van der Waals surface area contributed by atoms with Gasteiger partial charge in [0.25, 0.3) is 0 Å². The van der Waals surface area contributed by atoms with Gasteiger partial charge in [-0.3, -0.25) is 0 Å². The van der Waals surface area contributed by atoms with Crippen molar-refractivity contribution < 1.29 is 116 Å². The molecule has 0 rings (SSSR count). The third-order valence-electron chi connectivity index (χ3n) is 0. The van der Waals surface area contributed by atoms with Gasteiger partial charge in [-0.2, -0.15) is 15.6 Å². The van der Waals surface area contributed by atoms with Crippen molar-refractivity contribution in [3.8, 4) is 0 Å². The van der Waals surface area contributed by atoms with Gasteiger partial charge in [0.05, 0.1) is 0 Å². The van der Waals surface area contributed by atoms with E-state index in [1.54, 1.807) is 0 Å². The maximum atomic E-state index is 8.55. The van der Waals surface area contributed by atoms with Gasteiger partial charge in [0.2, 0.25) is 0 Å². The predicted octanol–water partition coefficient (Wildman–Crippen LogP) is -5.78. The zero-order valence-corrected chi connectivity index (χ0v) is 18.7. The summed E-state index contributed by atoms with van der Waals surface area (Å²) in [5.41, 5.74) is 0. The fourth-order valence-corrected chi connectivity index (χ4v) is 0. The van der Waals surface area contributed by atoms with E-state index < -0.39 is 15.6 Å². The first kappa shape index (κ1) is 36.0. The van der Waals surface area contributed by atoms with Crippen LogP contribution in [-0.2, 0) is 86.9 Å². The summed E-state index contributed by atoms with van der Waals surface area (Å²) in [7, 11) is -10.8. The monoisotopic (exact) mass is 456 g/mol. The minimum atomic E-state index is -5.39. The normalized spacial score (nSPS) is 8.27. The molecule has 0 radical (unpaired) electrons. The first-order valence-electron chi connectivity index (χ1n) is 1.59. The minimum absolute atomic E-state index is 0. The van der Waals surface area contributed by atoms with Crippen LogP contribution in [0.1, 0.15) is 0 Å². The average molecular weight is 461 g/mol. The van der Waals surface area contributed by atoms with Crippen molar-refractivity contribution in [2.45, 2.75) is 0 Å². The zero-order valence-electron chi connectivity index (χ0n) is 7.01. The molecule has 9 nitrogen and oxygen atoms in total. The maximum absolute atomic E-state index is 8.55. The number of hydrogen-bond donors (Lipinski definition) is 0. The first-order valence-corrected chi connectivity index (χ1v) is 4.91. The maximum Gasteiger partial charge on any atom is 2.00 e. The van der Waals surface area contributed by atoms with Crippen molar-refractivity contribution in [1.82, 2.24) is 0 Å². The van der Waals surface area contributed by atoms with Crippen LogP contribution in [0.5, 0.6) is 0 Å². The van der Waals surface area contributed by atoms with Crippen LogP contribution < -0.4 is 29.4 Å². The number of rotatable bonds is 0. The van der Waals surface area contributed by atoms with Gasteiger partial charge < -0.3 is 38.5 Å². The molecule has 0 fully saturated rings. The number of hydrogen-bond acceptors (Lipinski definition) is 9. The summed E-state index contributed by atoms with van der Waals surface area (Å²) < 4.78 is 25.0. The molecule has 0 atom stereocenters. The van der Waals surface area contributed by atoms with Crippen LogP contribution >= 0.6 is 15.6 Å². The molecule has 0 unspecified atom stereocenters. The van der Waals surface area contributed by atoms with Gasteiger partial charge >= 0.3 is 77.7 Å². The summed E-state index contributed by atoms with van der Waals surface area (Å²) in [6.45, 7) is 0. The Kier molecular flexibility index (Phi) is 45.0. The van der Waals surface area contributed by atoms with Crippen LogP contribution in [0, 0.1) is 0 Å².